The van der Waals surface area contributed by atoms with Crippen LogP contribution in [0.2, 0.25) is 0 Å². The lowest BCUT2D eigenvalue weighted by molar-refractivity contribution is 0.321. The molecule has 0 bridgehead atoms. The first kappa shape index (κ1) is 18.4. The fraction of sp³-hybridized carbons (Fsp3) is 0.556. The number of fused-ring (bicyclic) bond motifs is 1. The number of halogens is 1. The summed E-state index contributed by atoms with van der Waals surface area (Å²) in [5, 5.41) is 6.95. The van der Waals surface area contributed by atoms with E-state index in [2.05, 4.69) is 61.4 Å². The lowest BCUT2D eigenvalue weighted by Gasteiger charge is -2.18. The summed E-state index contributed by atoms with van der Waals surface area (Å²) in [5.41, 5.74) is 3.24. The van der Waals surface area contributed by atoms with Crippen LogP contribution in [0.5, 0.6) is 0 Å². The largest absolute Gasteiger partial charge is 0.352 e. The van der Waals surface area contributed by atoms with E-state index in [0.29, 0.717) is 12.6 Å². The number of hydrogen-bond acceptors (Lipinski definition) is 3. The molecule has 0 spiro atoms. The molecule has 136 valence electrons. The molecule has 1 atom stereocenters. The average Bonchev–Trinajstić information content (AvgIpc) is 3.19. The maximum absolute atomic E-state index is 4.66. The average molecular weight is 454 g/mol. The predicted octanol–water partition coefficient (Wildman–Crippen LogP) is 2.16. The van der Waals surface area contributed by atoms with Crippen LogP contribution in [0.3, 0.4) is 0 Å². The van der Waals surface area contributed by atoms with E-state index in [0.717, 1.165) is 29.9 Å². The number of hydrogen-bond donors (Lipinski definition) is 2. The van der Waals surface area contributed by atoms with E-state index in [1.165, 1.54) is 31.4 Å². The molecular formula is C18H27IN6. The molecule has 0 radical (unpaired) electrons. The number of nitrogens with one attached hydrogen (secondary N) is 2. The van der Waals surface area contributed by atoms with Gasteiger partial charge in [-0.2, -0.15) is 0 Å². The number of rotatable bonds is 4. The van der Waals surface area contributed by atoms with Crippen molar-refractivity contribution in [2.75, 3.05) is 20.1 Å². The van der Waals surface area contributed by atoms with E-state index >= 15 is 0 Å². The van der Waals surface area contributed by atoms with Crippen LogP contribution in [0.15, 0.2) is 29.5 Å². The zero-order valence-electron chi connectivity index (χ0n) is 14.9. The number of likely N-dealkylation sites (tertiary alicyclic amines) is 1. The van der Waals surface area contributed by atoms with Crippen molar-refractivity contribution >= 4 is 35.6 Å². The van der Waals surface area contributed by atoms with Crippen molar-refractivity contribution < 1.29 is 0 Å². The van der Waals surface area contributed by atoms with Crippen LogP contribution in [-0.4, -0.2) is 52.5 Å². The second-order valence-corrected chi connectivity index (χ2v) is 6.98. The Kier molecular flexibility index (Phi) is 5.83. The summed E-state index contributed by atoms with van der Waals surface area (Å²) >= 11 is 0. The first-order chi connectivity index (χ1) is 11.7. The molecule has 2 N–H and O–H groups in total. The van der Waals surface area contributed by atoms with E-state index in [1.807, 2.05) is 7.05 Å². The zero-order valence-corrected chi connectivity index (χ0v) is 17.2. The zero-order chi connectivity index (χ0) is 16.5. The van der Waals surface area contributed by atoms with E-state index in [4.69, 9.17) is 0 Å². The van der Waals surface area contributed by atoms with Crippen LogP contribution in [0.4, 0.5) is 0 Å². The molecule has 1 saturated carbocycles. The molecule has 2 aromatic rings. The molecule has 2 fully saturated rings. The van der Waals surface area contributed by atoms with Crippen LogP contribution in [0.1, 0.15) is 30.5 Å². The minimum absolute atomic E-state index is 0. The highest BCUT2D eigenvalue weighted by Gasteiger charge is 2.34. The van der Waals surface area contributed by atoms with Gasteiger partial charge in [0.2, 0.25) is 0 Å². The summed E-state index contributed by atoms with van der Waals surface area (Å²) < 4.78 is 2.06. The third kappa shape index (κ3) is 4.44. The van der Waals surface area contributed by atoms with Crippen molar-refractivity contribution in [2.24, 2.45) is 4.99 Å². The SMILES string of the molecule is CN=C(NCc1cn2ccc(C)cc2n1)NC1CCN(C2CC2)C1.I. The van der Waals surface area contributed by atoms with Gasteiger partial charge in [-0.1, -0.05) is 0 Å². The second kappa shape index (κ2) is 7.90. The molecule has 0 amide bonds. The molecule has 1 saturated heterocycles. The first-order valence-corrected chi connectivity index (χ1v) is 8.87. The molecule has 6 nitrogen and oxygen atoms in total. The molecule has 1 aliphatic heterocycles. The van der Waals surface area contributed by atoms with E-state index in [9.17, 15) is 0 Å². The molecule has 3 heterocycles. The minimum Gasteiger partial charge on any atom is -0.352 e. The van der Waals surface area contributed by atoms with Gasteiger partial charge in [0.1, 0.15) is 5.65 Å². The van der Waals surface area contributed by atoms with Crippen LogP contribution >= 0.6 is 24.0 Å². The van der Waals surface area contributed by atoms with Crippen molar-refractivity contribution in [3.8, 4) is 0 Å². The Morgan fingerprint density at radius 1 is 1.36 bits per heavy atom. The van der Waals surface area contributed by atoms with Crippen molar-refractivity contribution in [2.45, 2.75) is 44.8 Å². The van der Waals surface area contributed by atoms with Gasteiger partial charge in [-0.3, -0.25) is 9.89 Å². The van der Waals surface area contributed by atoms with Crippen molar-refractivity contribution in [3.63, 3.8) is 0 Å². The number of aliphatic imine (C=N–C) groups is 1. The molecule has 1 unspecified atom stereocenters. The third-order valence-corrected chi connectivity index (χ3v) is 4.95. The number of imidazole rings is 1. The third-order valence-electron chi connectivity index (χ3n) is 4.95. The monoisotopic (exact) mass is 454 g/mol. The lowest BCUT2D eigenvalue weighted by atomic mass is 10.3. The Hall–Kier alpha value is -1.35. The first-order valence-electron chi connectivity index (χ1n) is 8.87. The highest BCUT2D eigenvalue weighted by atomic mass is 127. The number of pyridine rings is 1. The summed E-state index contributed by atoms with van der Waals surface area (Å²) in [4.78, 5) is 11.6. The molecule has 0 aromatic carbocycles. The summed E-state index contributed by atoms with van der Waals surface area (Å²) in [5.74, 6) is 0.867. The van der Waals surface area contributed by atoms with Crippen LogP contribution in [0.25, 0.3) is 5.65 Å². The van der Waals surface area contributed by atoms with Crippen molar-refractivity contribution in [3.05, 3.63) is 35.8 Å². The summed E-state index contributed by atoms with van der Waals surface area (Å²) in [6.07, 6.45) is 8.09. The van der Waals surface area contributed by atoms with Gasteiger partial charge in [0.15, 0.2) is 5.96 Å². The Morgan fingerprint density at radius 3 is 2.96 bits per heavy atom. The summed E-state index contributed by atoms with van der Waals surface area (Å²) in [6.45, 7) is 5.12. The molecule has 4 rings (SSSR count). The molecule has 2 aliphatic rings. The maximum atomic E-state index is 4.66. The van der Waals surface area contributed by atoms with Gasteiger partial charge >= 0.3 is 0 Å². The van der Waals surface area contributed by atoms with Gasteiger partial charge in [-0.25, -0.2) is 4.98 Å². The lowest BCUT2D eigenvalue weighted by Crippen LogP contribution is -2.44. The van der Waals surface area contributed by atoms with E-state index in [1.54, 1.807) is 0 Å². The Balaban J connectivity index is 0.00000182. The van der Waals surface area contributed by atoms with Crippen LogP contribution < -0.4 is 10.6 Å². The number of aromatic nitrogens is 2. The Bertz CT molecular complexity index is 751. The number of guanidine groups is 1. The van der Waals surface area contributed by atoms with Gasteiger partial charge in [0.25, 0.3) is 0 Å². The maximum Gasteiger partial charge on any atom is 0.191 e. The van der Waals surface area contributed by atoms with Crippen molar-refractivity contribution in [1.29, 1.82) is 0 Å². The topological polar surface area (TPSA) is 57.0 Å². The molecule has 25 heavy (non-hydrogen) atoms. The highest BCUT2D eigenvalue weighted by Crippen LogP contribution is 2.29. The Morgan fingerprint density at radius 2 is 2.20 bits per heavy atom. The van der Waals surface area contributed by atoms with E-state index in [-0.39, 0.29) is 24.0 Å². The predicted molar refractivity (Wildman–Crippen MR) is 112 cm³/mol. The summed E-state index contributed by atoms with van der Waals surface area (Å²) in [6, 6.07) is 5.55. The fourth-order valence-corrected chi connectivity index (χ4v) is 3.46. The highest BCUT2D eigenvalue weighted by molar-refractivity contribution is 14.0. The molecule has 2 aromatic heterocycles. The van der Waals surface area contributed by atoms with Gasteiger partial charge < -0.3 is 15.0 Å². The minimum atomic E-state index is 0. The summed E-state index contributed by atoms with van der Waals surface area (Å²) in [7, 11) is 1.83. The molecular weight excluding hydrogens is 427 g/mol. The number of nitrogens with zero attached hydrogens (tertiary/aromatic N) is 4. The number of aryl methyl sites for hydroxylation is 1. The second-order valence-electron chi connectivity index (χ2n) is 6.98. The molecule has 7 heteroatoms. The standard InChI is InChI=1S/C18H26N6.HI/c1-13-5-7-24-12-15(21-17(24)9-13)10-20-18(19-2)22-14-6-8-23(11-14)16-3-4-16;/h5,7,9,12,14,16H,3-4,6,8,10-11H2,1-2H3,(H2,19,20,22);1H. The molecule has 1 aliphatic carbocycles. The van der Waals surface area contributed by atoms with Gasteiger partial charge in [0.05, 0.1) is 12.2 Å². The fourth-order valence-electron chi connectivity index (χ4n) is 3.46. The van der Waals surface area contributed by atoms with Gasteiger partial charge in [-0.15, -0.1) is 24.0 Å². The quantitative estimate of drug-likeness (QED) is 0.423. The normalized spacial score (nSPS) is 21.4. The van der Waals surface area contributed by atoms with E-state index < -0.39 is 0 Å². The van der Waals surface area contributed by atoms with Crippen LogP contribution in [0, 0.1) is 6.92 Å². The van der Waals surface area contributed by atoms with Crippen LogP contribution in [-0.2, 0) is 6.54 Å². The Labute approximate surface area is 166 Å². The smallest absolute Gasteiger partial charge is 0.191 e. The van der Waals surface area contributed by atoms with Crippen molar-refractivity contribution in [1.82, 2.24) is 24.9 Å². The van der Waals surface area contributed by atoms with Gasteiger partial charge in [0, 0.05) is 44.6 Å². The van der Waals surface area contributed by atoms with Gasteiger partial charge in [-0.05, 0) is 43.9 Å².